The van der Waals surface area contributed by atoms with Crippen molar-refractivity contribution in [3.8, 4) is 0 Å². The van der Waals surface area contributed by atoms with Crippen LogP contribution in [0.5, 0.6) is 0 Å². The molecule has 1 saturated heterocycles. The molecule has 210 valence electrons. The minimum atomic E-state index is -1.87. The van der Waals surface area contributed by atoms with E-state index in [0.29, 0.717) is 12.1 Å². The Hall–Kier alpha value is -2.53. The number of carbonyl (C=O) groups is 1. The second kappa shape index (κ2) is 13.5. The van der Waals surface area contributed by atoms with Gasteiger partial charge in [-0.2, -0.15) is 13.5 Å². The Balaban J connectivity index is 0.00000507. The number of ether oxygens (including phenoxy) is 1. The number of benzene rings is 2. The van der Waals surface area contributed by atoms with E-state index in [0.717, 1.165) is 30.6 Å². The van der Waals surface area contributed by atoms with E-state index in [4.69, 9.17) is 20.1 Å². The molecular weight excluding hydrogens is 516 g/mol. The molecule has 2 aromatic rings. The van der Waals surface area contributed by atoms with Crippen molar-refractivity contribution in [1.82, 2.24) is 9.80 Å². The van der Waals surface area contributed by atoms with Crippen molar-refractivity contribution in [3.63, 3.8) is 0 Å². The molecule has 38 heavy (non-hydrogen) atoms. The van der Waals surface area contributed by atoms with Crippen molar-refractivity contribution in [1.29, 1.82) is 0 Å². The molecule has 1 amide bonds. The maximum Gasteiger partial charge on any atom is 0.410 e. The molecule has 0 radical (unpaired) electrons. The number of hydrogen-bond acceptors (Lipinski definition) is 6. The van der Waals surface area contributed by atoms with E-state index in [-0.39, 0.29) is 43.1 Å². The average Bonchev–Trinajstić information content (AvgIpc) is 3.31. The summed E-state index contributed by atoms with van der Waals surface area (Å²) in [6.45, 7) is 13.9. The van der Waals surface area contributed by atoms with E-state index >= 15 is 0 Å². The molecule has 0 unspecified atom stereocenters. The molecule has 0 aromatic heterocycles. The summed E-state index contributed by atoms with van der Waals surface area (Å²) >= 11 is 0. The number of oxime groups is 1. The maximum atomic E-state index is 13.1. The number of nitrogens with zero attached hydrogens (tertiary/aromatic N) is 3. The lowest BCUT2D eigenvalue weighted by Gasteiger charge is -2.38. The lowest BCUT2D eigenvalue weighted by molar-refractivity contribution is 0.0819. The quantitative estimate of drug-likeness (QED) is 0.142. The first-order chi connectivity index (χ1) is 17.4. The van der Waals surface area contributed by atoms with Gasteiger partial charge in [-0.25, -0.2) is 4.79 Å². The topological polar surface area (TPSA) is 101 Å². The summed E-state index contributed by atoms with van der Waals surface area (Å²) < 4.78 is 12.3. The van der Waals surface area contributed by atoms with Crippen molar-refractivity contribution < 1.29 is 19.2 Å². The van der Waals surface area contributed by atoms with Gasteiger partial charge in [0.05, 0.1) is 12.1 Å². The van der Waals surface area contributed by atoms with Crippen molar-refractivity contribution in [2.75, 3.05) is 26.7 Å². The normalized spacial score (nSPS) is 17.5. The van der Waals surface area contributed by atoms with Gasteiger partial charge >= 0.3 is 6.09 Å². The molecule has 1 aliphatic rings. The number of amides is 1. The van der Waals surface area contributed by atoms with Gasteiger partial charge in [0.15, 0.2) is 14.2 Å². The number of likely N-dealkylation sites (N-methyl/N-ethyl adjacent to an activating group) is 1. The van der Waals surface area contributed by atoms with E-state index in [2.05, 4.69) is 43.9 Å². The van der Waals surface area contributed by atoms with E-state index in [1.807, 2.05) is 48.5 Å². The molecule has 1 heterocycles. The van der Waals surface area contributed by atoms with Gasteiger partial charge in [0.25, 0.3) is 0 Å². The van der Waals surface area contributed by atoms with Crippen LogP contribution >= 0.6 is 13.5 Å². The van der Waals surface area contributed by atoms with Crippen molar-refractivity contribution in [3.05, 3.63) is 71.3 Å². The van der Waals surface area contributed by atoms with Crippen LogP contribution in [0.2, 0.25) is 18.1 Å². The molecule has 8 nitrogen and oxygen atoms in total. The molecule has 1 aliphatic heterocycles. The van der Waals surface area contributed by atoms with Gasteiger partial charge in [-0.05, 0) is 41.7 Å². The Morgan fingerprint density at radius 1 is 1.21 bits per heavy atom. The van der Waals surface area contributed by atoms with Crippen LogP contribution in [-0.4, -0.2) is 68.0 Å². The van der Waals surface area contributed by atoms with Gasteiger partial charge in [-0.15, -0.1) is 0 Å². The molecule has 2 atom stereocenters. The Labute approximate surface area is 235 Å². The molecule has 2 aromatic carbocycles. The largest absolute Gasteiger partial charge is 0.445 e. The molecule has 1 fully saturated rings. The Morgan fingerprint density at radius 2 is 1.89 bits per heavy atom. The fourth-order valence-electron chi connectivity index (χ4n) is 4.26. The maximum absolute atomic E-state index is 13.1. The summed E-state index contributed by atoms with van der Waals surface area (Å²) in [4.78, 5) is 17.1. The molecule has 0 bridgehead atoms. The first-order valence-electron chi connectivity index (χ1n) is 12.8. The Bertz CT molecular complexity index is 1080. The molecule has 3 N–H and O–H groups in total. The van der Waals surface area contributed by atoms with Gasteiger partial charge in [-0.1, -0.05) is 74.5 Å². The summed E-state index contributed by atoms with van der Waals surface area (Å²) in [6, 6.07) is 16.8. The lowest BCUT2D eigenvalue weighted by atomic mass is 10.0. The molecule has 3 rings (SSSR count). The second-order valence-corrected chi connectivity index (χ2v) is 16.1. The highest BCUT2D eigenvalue weighted by Crippen LogP contribution is 2.38. The van der Waals surface area contributed by atoms with E-state index in [1.54, 1.807) is 18.0 Å². The lowest BCUT2D eigenvalue weighted by Crippen LogP contribution is -2.45. The predicted octanol–water partition coefficient (Wildman–Crippen LogP) is 5.30. The number of carbonyl (C=O) groups excluding carboxylic acids is 1. The first-order valence-corrected chi connectivity index (χ1v) is 15.7. The van der Waals surface area contributed by atoms with Gasteiger partial charge < -0.3 is 25.0 Å². The summed E-state index contributed by atoms with van der Waals surface area (Å²) in [5.74, 6) is 0.0268. The zero-order valence-electron chi connectivity index (χ0n) is 23.5. The number of amidine groups is 1. The number of likely N-dealkylation sites (tertiary alicyclic amines) is 1. The highest BCUT2D eigenvalue weighted by Gasteiger charge is 2.41. The first kappa shape index (κ1) is 31.7. The molecule has 10 heteroatoms. The zero-order chi connectivity index (χ0) is 27.2. The second-order valence-electron chi connectivity index (χ2n) is 11.3. The molecule has 0 saturated carbocycles. The van der Waals surface area contributed by atoms with Crippen LogP contribution in [0.15, 0.2) is 59.8 Å². The van der Waals surface area contributed by atoms with Crippen LogP contribution in [0.4, 0.5) is 4.79 Å². The summed E-state index contributed by atoms with van der Waals surface area (Å²) in [6.07, 6.45) is 0.739. The zero-order valence-corrected chi connectivity index (χ0v) is 25.5. The van der Waals surface area contributed by atoms with Gasteiger partial charge in [0.2, 0.25) is 0 Å². The SMILES string of the molecule is CN(C(=O)OCc1ccccc1)[C@H](CN1CC[C@H](O[Si](C)(C)C(C)(C)C)C1)c1cccc(C(N)=NO)c1.S. The smallest absolute Gasteiger partial charge is 0.410 e. The fourth-order valence-corrected chi connectivity index (χ4v) is 5.64. The van der Waals surface area contributed by atoms with Crippen LogP contribution in [0.1, 0.15) is 49.9 Å². The fraction of sp³-hybridized carbons (Fsp3) is 0.500. The molecular formula is C28H44N4O4SSi. The third-order valence-corrected chi connectivity index (χ3v) is 12.1. The monoisotopic (exact) mass is 560 g/mol. The predicted molar refractivity (Wildman–Crippen MR) is 160 cm³/mol. The van der Waals surface area contributed by atoms with Crippen LogP contribution in [-0.2, 0) is 15.8 Å². The van der Waals surface area contributed by atoms with Crippen molar-refractivity contribution in [2.24, 2.45) is 10.9 Å². The Morgan fingerprint density at radius 3 is 2.53 bits per heavy atom. The van der Waals surface area contributed by atoms with Gasteiger partial charge in [-0.3, -0.25) is 4.90 Å². The number of nitrogens with two attached hydrogens (primary N) is 1. The third-order valence-electron chi connectivity index (χ3n) is 7.56. The average molecular weight is 561 g/mol. The van der Waals surface area contributed by atoms with Crippen LogP contribution < -0.4 is 5.73 Å². The number of rotatable bonds is 9. The minimum Gasteiger partial charge on any atom is -0.445 e. The van der Waals surface area contributed by atoms with E-state index in [9.17, 15) is 4.79 Å². The summed E-state index contributed by atoms with van der Waals surface area (Å²) in [5.41, 5.74) is 8.27. The van der Waals surface area contributed by atoms with Crippen LogP contribution in [0.25, 0.3) is 0 Å². The minimum absolute atomic E-state index is 0. The van der Waals surface area contributed by atoms with Gasteiger partial charge in [0, 0.05) is 32.2 Å². The Kier molecular flexibility index (Phi) is 11.3. The summed E-state index contributed by atoms with van der Waals surface area (Å²) in [7, 11) is -0.115. The van der Waals surface area contributed by atoms with Crippen molar-refractivity contribution in [2.45, 2.75) is 64.1 Å². The molecule has 0 spiro atoms. The van der Waals surface area contributed by atoms with Crippen LogP contribution in [0.3, 0.4) is 0 Å². The third kappa shape index (κ3) is 8.23. The number of hydrogen-bond donors (Lipinski definition) is 2. The van der Waals surface area contributed by atoms with E-state index in [1.165, 1.54) is 0 Å². The highest BCUT2D eigenvalue weighted by atomic mass is 32.1. The van der Waals surface area contributed by atoms with Gasteiger partial charge in [0.1, 0.15) is 6.61 Å². The van der Waals surface area contributed by atoms with Crippen molar-refractivity contribution >= 4 is 33.7 Å². The van der Waals surface area contributed by atoms with Crippen LogP contribution in [0, 0.1) is 0 Å². The summed E-state index contributed by atoms with van der Waals surface area (Å²) in [5, 5.41) is 12.5. The standard InChI is InChI=1S/C28H42N4O4Si.H2S/c1-28(2,3)37(5,6)36-24-15-16-32(18-24)19-25(22-13-10-14-23(17-22)26(29)30-34)31(4)27(33)35-20-21-11-8-7-9-12-21;/h7-14,17,24-25,34H,15-16,18-20H2,1-6H3,(H2,29,30);1H2/t24-,25+;/m0./s1. The molecule has 0 aliphatic carbocycles. The van der Waals surface area contributed by atoms with E-state index < -0.39 is 14.4 Å². The highest BCUT2D eigenvalue weighted by molar-refractivity contribution is 7.59.